The second-order valence-electron chi connectivity index (χ2n) is 6.09. The predicted molar refractivity (Wildman–Crippen MR) is 96.5 cm³/mol. The van der Waals surface area contributed by atoms with E-state index in [0.717, 1.165) is 16.8 Å². The van der Waals surface area contributed by atoms with Crippen LogP contribution < -0.4 is 15.7 Å². The molecule has 2 aromatic carbocycles. The molecule has 3 aromatic rings. The third-order valence-corrected chi connectivity index (χ3v) is 3.95. The summed E-state index contributed by atoms with van der Waals surface area (Å²) in [5, 5.41) is -0.157. The lowest BCUT2D eigenvalue weighted by Crippen LogP contribution is -2.37. The number of fused-ring (bicyclic) bond motifs is 1. The first-order valence-electron chi connectivity index (χ1n) is 8.52. The maximum absolute atomic E-state index is 13.3. The second kappa shape index (κ2) is 7.90. The van der Waals surface area contributed by atoms with Gasteiger partial charge in [-0.1, -0.05) is 19.1 Å². The second-order valence-corrected chi connectivity index (χ2v) is 6.09. The van der Waals surface area contributed by atoms with E-state index in [4.69, 9.17) is 0 Å². The van der Waals surface area contributed by atoms with Crippen LogP contribution in [0.25, 0.3) is 10.9 Å². The Kier molecular flexibility index (Phi) is 5.53. The van der Waals surface area contributed by atoms with Crippen LogP contribution in [0.1, 0.15) is 18.3 Å². The van der Waals surface area contributed by atoms with E-state index in [9.17, 15) is 27.2 Å². The van der Waals surface area contributed by atoms with Crippen LogP contribution in [0.3, 0.4) is 0 Å². The Bertz CT molecular complexity index is 1130. The number of hydrogen-bond donors (Lipinski definition) is 1. The SMILES string of the molecule is CCc1nc2ccc(OC(F)(F)F)cc2c(=O)n1NC(=O)Cc1cccc(F)c1. The van der Waals surface area contributed by atoms with Crippen molar-refractivity contribution in [1.29, 1.82) is 0 Å². The average Bonchev–Trinajstić information content (AvgIpc) is 2.63. The van der Waals surface area contributed by atoms with Crippen molar-refractivity contribution in [3.8, 4) is 5.75 Å². The molecule has 10 heteroatoms. The van der Waals surface area contributed by atoms with E-state index in [0.29, 0.717) is 5.56 Å². The Morgan fingerprint density at radius 2 is 1.97 bits per heavy atom. The first-order valence-corrected chi connectivity index (χ1v) is 8.52. The van der Waals surface area contributed by atoms with Crippen LogP contribution >= 0.6 is 0 Å². The number of rotatable bonds is 5. The summed E-state index contributed by atoms with van der Waals surface area (Å²) in [6, 6.07) is 8.60. The molecule has 0 bridgehead atoms. The first kappa shape index (κ1) is 20.3. The smallest absolute Gasteiger partial charge is 0.406 e. The lowest BCUT2D eigenvalue weighted by Gasteiger charge is -2.14. The van der Waals surface area contributed by atoms with Crippen LogP contribution in [0.4, 0.5) is 17.6 Å². The molecule has 1 aromatic heterocycles. The number of halogens is 4. The zero-order valence-corrected chi connectivity index (χ0v) is 15.1. The van der Waals surface area contributed by atoms with E-state index in [1.807, 2.05) is 0 Å². The number of carbonyl (C=O) groups excluding carboxylic acids is 1. The molecule has 0 unspecified atom stereocenters. The average molecular weight is 409 g/mol. The highest BCUT2D eigenvalue weighted by Gasteiger charge is 2.31. The van der Waals surface area contributed by atoms with E-state index in [1.165, 1.54) is 24.3 Å². The van der Waals surface area contributed by atoms with Gasteiger partial charge in [-0.15, -0.1) is 13.2 Å². The van der Waals surface area contributed by atoms with Crippen LogP contribution in [0.2, 0.25) is 0 Å². The van der Waals surface area contributed by atoms with Gasteiger partial charge in [0.05, 0.1) is 17.3 Å². The fraction of sp³-hybridized carbons (Fsp3) is 0.211. The van der Waals surface area contributed by atoms with Gasteiger partial charge in [0.25, 0.3) is 5.56 Å². The maximum Gasteiger partial charge on any atom is 0.573 e. The number of benzene rings is 2. The maximum atomic E-state index is 13.3. The molecular formula is C19H15F4N3O3. The fourth-order valence-corrected chi connectivity index (χ4v) is 2.76. The molecule has 0 fully saturated rings. The highest BCUT2D eigenvalue weighted by atomic mass is 19.4. The largest absolute Gasteiger partial charge is 0.573 e. The highest BCUT2D eigenvalue weighted by Crippen LogP contribution is 2.24. The molecule has 6 nitrogen and oxygen atoms in total. The molecule has 152 valence electrons. The number of aromatic nitrogens is 2. The molecule has 0 spiro atoms. The third kappa shape index (κ3) is 4.89. The van der Waals surface area contributed by atoms with Crippen LogP contribution in [-0.4, -0.2) is 21.9 Å². The minimum atomic E-state index is -4.91. The van der Waals surface area contributed by atoms with E-state index in [-0.39, 0.29) is 29.6 Å². The van der Waals surface area contributed by atoms with Gasteiger partial charge in [-0.05, 0) is 35.9 Å². The molecule has 0 aliphatic rings. The van der Waals surface area contributed by atoms with Crippen molar-refractivity contribution in [1.82, 2.24) is 9.66 Å². The molecule has 0 radical (unpaired) electrons. The Morgan fingerprint density at radius 1 is 1.21 bits per heavy atom. The van der Waals surface area contributed by atoms with Gasteiger partial charge in [0.1, 0.15) is 17.4 Å². The summed E-state index contributed by atoms with van der Waals surface area (Å²) in [6.45, 7) is 1.70. The highest BCUT2D eigenvalue weighted by molar-refractivity contribution is 5.86. The molecule has 0 saturated heterocycles. The molecule has 0 aliphatic heterocycles. The summed E-state index contributed by atoms with van der Waals surface area (Å²) in [5.74, 6) is -1.49. The van der Waals surface area contributed by atoms with Crippen molar-refractivity contribution in [2.24, 2.45) is 0 Å². The van der Waals surface area contributed by atoms with Crippen molar-refractivity contribution < 1.29 is 27.1 Å². The first-order chi connectivity index (χ1) is 13.7. The molecular weight excluding hydrogens is 394 g/mol. The molecule has 3 rings (SSSR count). The van der Waals surface area contributed by atoms with Gasteiger partial charge in [0.15, 0.2) is 0 Å². The summed E-state index contributed by atoms with van der Waals surface area (Å²) in [6.07, 6.45) is -4.85. The number of nitrogens with one attached hydrogen (secondary N) is 1. The van der Waals surface area contributed by atoms with Gasteiger partial charge in [0, 0.05) is 6.42 Å². The molecule has 1 N–H and O–H groups in total. The van der Waals surface area contributed by atoms with Gasteiger partial charge in [-0.2, -0.15) is 0 Å². The van der Waals surface area contributed by atoms with Crippen molar-refractivity contribution in [2.75, 3.05) is 5.43 Å². The molecule has 29 heavy (non-hydrogen) atoms. The van der Waals surface area contributed by atoms with E-state index in [1.54, 1.807) is 13.0 Å². The van der Waals surface area contributed by atoms with Gasteiger partial charge < -0.3 is 4.74 Å². The normalized spacial score (nSPS) is 11.5. The van der Waals surface area contributed by atoms with Gasteiger partial charge >= 0.3 is 6.36 Å². The predicted octanol–water partition coefficient (Wildman–Crippen LogP) is 3.31. The number of hydrogen-bond acceptors (Lipinski definition) is 4. The van der Waals surface area contributed by atoms with Crippen LogP contribution in [0, 0.1) is 5.82 Å². The molecule has 1 amide bonds. The van der Waals surface area contributed by atoms with Crippen molar-refractivity contribution in [2.45, 2.75) is 26.1 Å². The topological polar surface area (TPSA) is 73.2 Å². The van der Waals surface area contributed by atoms with Crippen molar-refractivity contribution >= 4 is 16.8 Å². The number of amides is 1. The number of nitrogens with zero attached hydrogens (tertiary/aromatic N) is 2. The zero-order chi connectivity index (χ0) is 21.2. The molecule has 0 atom stereocenters. The third-order valence-electron chi connectivity index (χ3n) is 3.95. The van der Waals surface area contributed by atoms with Gasteiger partial charge in [-0.25, -0.2) is 14.1 Å². The van der Waals surface area contributed by atoms with Crippen LogP contribution in [0.15, 0.2) is 47.3 Å². The Morgan fingerprint density at radius 3 is 2.62 bits per heavy atom. The number of alkyl halides is 3. The standard InChI is InChI=1S/C19H15F4N3O3/c1-2-16-24-15-7-6-13(29-19(21,22)23)10-14(15)18(28)26(16)25-17(27)9-11-4-3-5-12(20)8-11/h3-8,10H,2,9H2,1H3,(H,25,27). The summed E-state index contributed by atoms with van der Waals surface area (Å²) < 4.78 is 55.3. The van der Waals surface area contributed by atoms with E-state index < -0.39 is 29.4 Å². The lowest BCUT2D eigenvalue weighted by atomic mass is 10.1. The van der Waals surface area contributed by atoms with Gasteiger partial charge in [-0.3, -0.25) is 15.0 Å². The fourth-order valence-electron chi connectivity index (χ4n) is 2.76. The van der Waals surface area contributed by atoms with Crippen LogP contribution in [-0.2, 0) is 17.6 Å². The lowest BCUT2D eigenvalue weighted by molar-refractivity contribution is -0.274. The zero-order valence-electron chi connectivity index (χ0n) is 15.1. The van der Waals surface area contributed by atoms with E-state index in [2.05, 4.69) is 15.1 Å². The van der Waals surface area contributed by atoms with Crippen molar-refractivity contribution in [3.63, 3.8) is 0 Å². The van der Waals surface area contributed by atoms with Gasteiger partial charge in [0.2, 0.25) is 5.91 Å². The Hall–Kier alpha value is -3.43. The Balaban J connectivity index is 1.96. The van der Waals surface area contributed by atoms with Crippen LogP contribution in [0.5, 0.6) is 5.75 Å². The minimum absolute atomic E-state index is 0.157. The summed E-state index contributed by atoms with van der Waals surface area (Å²) >= 11 is 0. The number of ether oxygens (including phenoxy) is 1. The monoisotopic (exact) mass is 409 g/mol. The molecule has 0 saturated carbocycles. The summed E-state index contributed by atoms with van der Waals surface area (Å²) in [7, 11) is 0. The number of carbonyl (C=O) groups is 1. The molecule has 1 heterocycles. The minimum Gasteiger partial charge on any atom is -0.406 e. The summed E-state index contributed by atoms with van der Waals surface area (Å²) in [4.78, 5) is 29.3. The quantitative estimate of drug-likeness (QED) is 0.657. The van der Waals surface area contributed by atoms with E-state index >= 15 is 0 Å². The van der Waals surface area contributed by atoms with Crippen molar-refractivity contribution in [3.05, 3.63) is 70.0 Å². The summed E-state index contributed by atoms with van der Waals surface area (Å²) in [5.41, 5.74) is 2.17. The Labute approximate surface area is 161 Å². The number of aryl methyl sites for hydroxylation is 1. The molecule has 0 aliphatic carbocycles.